The first-order valence-electron chi connectivity index (χ1n) is 24.2. The minimum Gasteiger partial charge on any atom is -0.393 e. The number of phosphoric ester groups is 1. The number of hydrogen-bond donors (Lipinski definition) is 9. The minimum atomic E-state index is -5.15. The lowest BCUT2D eigenvalue weighted by atomic mass is 9.85. The van der Waals surface area contributed by atoms with Crippen LogP contribution in [0.2, 0.25) is 0 Å². The molecule has 0 aromatic rings. The molecule has 1 aliphatic carbocycles. The van der Waals surface area contributed by atoms with Crippen molar-refractivity contribution in [3.8, 4) is 0 Å². The second kappa shape index (κ2) is 37.5. The van der Waals surface area contributed by atoms with Crippen molar-refractivity contribution in [2.75, 3.05) is 6.61 Å². The molecule has 0 saturated heterocycles. The number of aliphatic hydroxyl groups excluding tert-OH is 7. The van der Waals surface area contributed by atoms with Crippen LogP contribution in [0.4, 0.5) is 0 Å². The maximum absolute atomic E-state index is 13.0. The van der Waals surface area contributed by atoms with Crippen LogP contribution in [0.3, 0.4) is 0 Å². The molecule has 1 amide bonds. The minimum absolute atomic E-state index is 0.268. The summed E-state index contributed by atoms with van der Waals surface area (Å²) in [6, 6.07) is -1.26. The summed E-state index contributed by atoms with van der Waals surface area (Å²) in [5, 5.41) is 74.5. The van der Waals surface area contributed by atoms with Gasteiger partial charge in [-0.3, -0.25) is 13.8 Å². The second-order valence-corrected chi connectivity index (χ2v) is 18.6. The average molecular weight is 902 g/mol. The molecular formula is C48H88NO12P. The summed E-state index contributed by atoms with van der Waals surface area (Å²) >= 11 is 0. The summed E-state index contributed by atoms with van der Waals surface area (Å²) in [6.45, 7) is 3.69. The highest BCUT2D eigenvalue weighted by Crippen LogP contribution is 2.47. The third kappa shape index (κ3) is 28.9. The fourth-order valence-corrected chi connectivity index (χ4v) is 8.39. The Morgan fingerprint density at radius 1 is 0.581 bits per heavy atom. The molecule has 1 fully saturated rings. The van der Waals surface area contributed by atoms with E-state index in [-0.39, 0.29) is 6.42 Å². The fraction of sp³-hybridized carbons (Fsp3) is 0.812. The largest absolute Gasteiger partial charge is 0.472 e. The summed E-state index contributed by atoms with van der Waals surface area (Å²) in [5.74, 6) is -0.616. The van der Waals surface area contributed by atoms with Crippen molar-refractivity contribution in [1.82, 2.24) is 5.32 Å². The summed E-state index contributed by atoms with van der Waals surface area (Å²) in [5.41, 5.74) is 0. The molecule has 8 unspecified atom stereocenters. The van der Waals surface area contributed by atoms with E-state index in [0.29, 0.717) is 12.8 Å². The number of carbonyl (C=O) groups excluding carboxylic acids is 1. The van der Waals surface area contributed by atoms with Crippen LogP contribution in [0.25, 0.3) is 0 Å². The van der Waals surface area contributed by atoms with Crippen LogP contribution in [0.5, 0.6) is 0 Å². The molecule has 9 N–H and O–H groups in total. The van der Waals surface area contributed by atoms with Crippen LogP contribution in [0, 0.1) is 0 Å². The van der Waals surface area contributed by atoms with Gasteiger partial charge < -0.3 is 46.0 Å². The third-order valence-electron chi connectivity index (χ3n) is 11.4. The summed E-state index contributed by atoms with van der Waals surface area (Å²) in [4.78, 5) is 23.4. The highest BCUT2D eigenvalue weighted by Gasteiger charge is 2.51. The first-order valence-corrected chi connectivity index (χ1v) is 25.7. The number of hydrogen-bond acceptors (Lipinski definition) is 11. The number of nitrogens with one attached hydrogen (secondary N) is 1. The SMILES string of the molecule is CCCCC/C=C\C=C/CCCCCCC(O)CC(=O)NC(COP(=O)(O)OC1C(O)C(O)C(O)C(O)C1O)C(O)/C=C/CC/C=C/CCCCCCCCCCCCCCC. The molecule has 8 atom stereocenters. The number of phosphoric acid groups is 1. The molecule has 0 heterocycles. The van der Waals surface area contributed by atoms with Gasteiger partial charge in [0.05, 0.1) is 31.3 Å². The number of allylic oxidation sites excluding steroid dienone is 7. The van der Waals surface area contributed by atoms with E-state index in [1.807, 2.05) is 0 Å². The Morgan fingerprint density at radius 2 is 1.00 bits per heavy atom. The van der Waals surface area contributed by atoms with E-state index in [1.165, 1.54) is 102 Å². The molecule has 0 aliphatic heterocycles. The van der Waals surface area contributed by atoms with E-state index in [1.54, 1.807) is 6.08 Å². The molecule has 62 heavy (non-hydrogen) atoms. The van der Waals surface area contributed by atoms with Crippen LogP contribution in [0.15, 0.2) is 48.6 Å². The molecule has 0 bridgehead atoms. The summed E-state index contributed by atoms with van der Waals surface area (Å²) < 4.78 is 22.9. The second-order valence-electron chi connectivity index (χ2n) is 17.2. The van der Waals surface area contributed by atoms with Crippen molar-refractivity contribution in [3.63, 3.8) is 0 Å². The predicted molar refractivity (Wildman–Crippen MR) is 247 cm³/mol. The van der Waals surface area contributed by atoms with Crippen LogP contribution in [0.1, 0.15) is 187 Å². The number of unbranched alkanes of at least 4 members (excludes halogenated alkanes) is 21. The first kappa shape index (κ1) is 58.3. The van der Waals surface area contributed by atoms with E-state index in [9.17, 15) is 50.0 Å². The van der Waals surface area contributed by atoms with Gasteiger partial charge in [-0.2, -0.15) is 0 Å². The van der Waals surface area contributed by atoms with Gasteiger partial charge in [-0.15, -0.1) is 0 Å². The fourth-order valence-electron chi connectivity index (χ4n) is 7.42. The topological polar surface area (TPSA) is 226 Å². The van der Waals surface area contributed by atoms with E-state index < -0.39 is 75.2 Å². The predicted octanol–water partition coefficient (Wildman–Crippen LogP) is 8.31. The summed E-state index contributed by atoms with van der Waals surface area (Å²) in [6.07, 6.45) is 30.6. The van der Waals surface area contributed by atoms with Crippen molar-refractivity contribution in [2.24, 2.45) is 0 Å². The van der Waals surface area contributed by atoms with Crippen molar-refractivity contribution in [2.45, 2.75) is 242 Å². The Hall–Kier alpha value is -1.74. The van der Waals surface area contributed by atoms with Gasteiger partial charge in [0.1, 0.15) is 36.6 Å². The Balaban J connectivity index is 2.57. The Morgan fingerprint density at radius 3 is 1.55 bits per heavy atom. The van der Waals surface area contributed by atoms with Crippen LogP contribution >= 0.6 is 7.82 Å². The van der Waals surface area contributed by atoms with E-state index >= 15 is 0 Å². The van der Waals surface area contributed by atoms with E-state index in [2.05, 4.69) is 55.6 Å². The quantitative estimate of drug-likeness (QED) is 0.0123. The van der Waals surface area contributed by atoms with Crippen LogP contribution < -0.4 is 5.32 Å². The third-order valence-corrected chi connectivity index (χ3v) is 12.4. The average Bonchev–Trinajstić information content (AvgIpc) is 3.24. The van der Waals surface area contributed by atoms with Gasteiger partial charge in [-0.25, -0.2) is 4.57 Å². The van der Waals surface area contributed by atoms with Gasteiger partial charge in [0.25, 0.3) is 0 Å². The molecule has 1 saturated carbocycles. The lowest BCUT2D eigenvalue weighted by molar-refractivity contribution is -0.220. The maximum Gasteiger partial charge on any atom is 0.472 e. The Bertz CT molecular complexity index is 1250. The first-order chi connectivity index (χ1) is 29.8. The highest BCUT2D eigenvalue weighted by molar-refractivity contribution is 7.47. The number of carbonyl (C=O) groups is 1. The molecule has 1 rings (SSSR count). The molecular weight excluding hydrogens is 813 g/mol. The number of aliphatic hydroxyl groups is 7. The normalized spacial score (nSPS) is 23.5. The van der Waals surface area contributed by atoms with Gasteiger partial charge in [0, 0.05) is 0 Å². The molecule has 0 spiro atoms. The zero-order chi connectivity index (χ0) is 45.9. The van der Waals surface area contributed by atoms with Crippen LogP contribution in [-0.2, 0) is 18.4 Å². The smallest absolute Gasteiger partial charge is 0.393 e. The van der Waals surface area contributed by atoms with Gasteiger partial charge in [0.2, 0.25) is 5.91 Å². The molecule has 1 aliphatic rings. The molecule has 0 radical (unpaired) electrons. The van der Waals surface area contributed by atoms with Gasteiger partial charge >= 0.3 is 7.82 Å². The zero-order valence-electron chi connectivity index (χ0n) is 38.3. The Kier molecular flexibility index (Phi) is 35.2. The monoisotopic (exact) mass is 902 g/mol. The van der Waals surface area contributed by atoms with Gasteiger partial charge in [-0.05, 0) is 57.8 Å². The van der Waals surface area contributed by atoms with Crippen molar-refractivity contribution in [3.05, 3.63) is 48.6 Å². The lowest BCUT2D eigenvalue weighted by Crippen LogP contribution is -2.64. The standard InChI is InChI=1S/C48H88NO12P/c1-3-5-7-9-11-13-15-17-18-19-20-21-22-24-26-28-30-32-34-36-41(51)40(38-60-62(58,59)61-48-46(56)44(54)43(53)45(55)47(48)57)49-42(52)37-39(50)35-33-31-29-27-25-23-16-14-12-10-8-6-4-2/h12,14,16,23,26,28,34,36,39-41,43-48,50-51,53-57H,3-11,13,15,17-22,24-25,27,29-33,35,37-38H2,1-2H3,(H,49,52)(H,58,59)/b14-12-,23-16-,28-26+,36-34+. The molecule has 362 valence electrons. The molecule has 0 aromatic carbocycles. The molecule has 13 nitrogen and oxygen atoms in total. The number of rotatable bonds is 39. The van der Waals surface area contributed by atoms with Crippen molar-refractivity contribution < 1.29 is 59.0 Å². The zero-order valence-corrected chi connectivity index (χ0v) is 39.2. The molecule has 0 aromatic heterocycles. The summed E-state index contributed by atoms with van der Waals surface area (Å²) in [7, 11) is -5.15. The van der Waals surface area contributed by atoms with E-state index in [4.69, 9.17) is 9.05 Å². The van der Waals surface area contributed by atoms with Crippen molar-refractivity contribution in [1.29, 1.82) is 0 Å². The van der Waals surface area contributed by atoms with Crippen LogP contribution in [-0.4, -0.2) is 108 Å². The molecule has 14 heteroatoms. The Labute approximate surface area is 374 Å². The number of amides is 1. The lowest BCUT2D eigenvalue weighted by Gasteiger charge is -2.41. The van der Waals surface area contributed by atoms with E-state index in [0.717, 1.165) is 57.8 Å². The van der Waals surface area contributed by atoms with Gasteiger partial charge in [0.15, 0.2) is 0 Å². The maximum atomic E-state index is 13.0. The van der Waals surface area contributed by atoms with Crippen molar-refractivity contribution >= 4 is 13.7 Å². The van der Waals surface area contributed by atoms with Gasteiger partial charge in [-0.1, -0.05) is 172 Å². The highest BCUT2D eigenvalue weighted by atomic mass is 31.2.